The predicted molar refractivity (Wildman–Crippen MR) is 83.2 cm³/mol. The number of hydrogen-bond donors (Lipinski definition) is 2. The summed E-state index contributed by atoms with van der Waals surface area (Å²) in [6.45, 7) is 4.00. The fraction of sp³-hybridized carbons (Fsp3) is 0.267. The first-order chi connectivity index (χ1) is 9.92. The highest BCUT2D eigenvalue weighted by molar-refractivity contribution is 7.89. The second kappa shape index (κ2) is 6.24. The molecule has 0 radical (unpaired) electrons. The number of sulfonamides is 1. The van der Waals surface area contributed by atoms with Crippen LogP contribution in [0, 0.1) is 6.92 Å². The average Bonchev–Trinajstić information content (AvgIpc) is 2.47. The summed E-state index contributed by atoms with van der Waals surface area (Å²) in [5.41, 5.74) is 8.59. The van der Waals surface area contributed by atoms with Crippen LogP contribution >= 0.6 is 0 Å². The van der Waals surface area contributed by atoms with Gasteiger partial charge in [-0.3, -0.25) is 4.98 Å². The lowest BCUT2D eigenvalue weighted by atomic mass is 10.1. The molecule has 1 aromatic carbocycles. The van der Waals surface area contributed by atoms with E-state index in [-0.39, 0.29) is 11.4 Å². The van der Waals surface area contributed by atoms with E-state index in [1.807, 2.05) is 26.0 Å². The number of nitrogen functional groups attached to an aromatic ring is 1. The zero-order chi connectivity index (χ0) is 15.5. The minimum absolute atomic E-state index is 0.202. The van der Waals surface area contributed by atoms with E-state index in [1.165, 1.54) is 6.07 Å². The molecule has 0 saturated carbocycles. The molecule has 1 aromatic heterocycles. The van der Waals surface area contributed by atoms with Crippen LogP contribution in [-0.4, -0.2) is 13.4 Å². The molecule has 0 aliphatic carbocycles. The number of hydrogen-bond acceptors (Lipinski definition) is 4. The van der Waals surface area contributed by atoms with E-state index in [1.54, 1.807) is 18.3 Å². The zero-order valence-corrected chi connectivity index (χ0v) is 12.9. The Labute approximate surface area is 125 Å². The zero-order valence-electron chi connectivity index (χ0n) is 12.1. The molecule has 1 heterocycles. The van der Waals surface area contributed by atoms with Crippen molar-refractivity contribution in [2.24, 2.45) is 0 Å². The maximum Gasteiger partial charge on any atom is 0.241 e. The molecule has 3 N–H and O–H groups in total. The Hall–Kier alpha value is -1.92. The van der Waals surface area contributed by atoms with Crippen LogP contribution in [0.4, 0.5) is 5.69 Å². The molecular formula is C15H19N3O2S. The smallest absolute Gasteiger partial charge is 0.241 e. The van der Waals surface area contributed by atoms with Gasteiger partial charge in [-0.15, -0.1) is 0 Å². The molecular weight excluding hydrogens is 286 g/mol. The standard InChI is InChI=1S/C15H19N3O2S/c1-3-13-6-7-14(16)8-15(13)21(19,20)18-10-12-5-4-11(2)17-9-12/h4-9,18H,3,10,16H2,1-2H3. The molecule has 0 amide bonds. The number of benzene rings is 1. The lowest BCUT2D eigenvalue weighted by Crippen LogP contribution is -2.24. The minimum Gasteiger partial charge on any atom is -0.399 e. The van der Waals surface area contributed by atoms with Gasteiger partial charge in [0.1, 0.15) is 0 Å². The average molecular weight is 305 g/mol. The fourth-order valence-electron chi connectivity index (χ4n) is 1.97. The molecule has 0 spiro atoms. The highest BCUT2D eigenvalue weighted by atomic mass is 32.2. The van der Waals surface area contributed by atoms with Crippen molar-refractivity contribution >= 4 is 15.7 Å². The molecule has 0 aliphatic heterocycles. The maximum absolute atomic E-state index is 12.4. The lowest BCUT2D eigenvalue weighted by Gasteiger charge is -2.11. The van der Waals surface area contributed by atoms with Gasteiger partial charge in [0.2, 0.25) is 10.0 Å². The van der Waals surface area contributed by atoms with Gasteiger partial charge >= 0.3 is 0 Å². The summed E-state index contributed by atoms with van der Waals surface area (Å²) in [7, 11) is -3.59. The van der Waals surface area contributed by atoms with Gasteiger partial charge in [-0.2, -0.15) is 0 Å². The highest BCUT2D eigenvalue weighted by Crippen LogP contribution is 2.20. The van der Waals surface area contributed by atoms with Crippen LogP contribution in [0.2, 0.25) is 0 Å². The summed E-state index contributed by atoms with van der Waals surface area (Å²) in [4.78, 5) is 4.39. The highest BCUT2D eigenvalue weighted by Gasteiger charge is 2.17. The summed E-state index contributed by atoms with van der Waals surface area (Å²) >= 11 is 0. The number of nitrogens with zero attached hydrogens (tertiary/aromatic N) is 1. The van der Waals surface area contributed by atoms with Gasteiger partial charge in [-0.25, -0.2) is 13.1 Å². The summed E-state index contributed by atoms with van der Waals surface area (Å²) in [5.74, 6) is 0. The number of anilines is 1. The Kier molecular flexibility index (Phi) is 4.59. The minimum atomic E-state index is -3.59. The van der Waals surface area contributed by atoms with Gasteiger partial charge in [0, 0.05) is 24.1 Å². The molecule has 21 heavy (non-hydrogen) atoms. The van der Waals surface area contributed by atoms with Crippen molar-refractivity contribution in [3.05, 3.63) is 53.3 Å². The molecule has 5 nitrogen and oxygen atoms in total. The summed E-state index contributed by atoms with van der Waals surface area (Å²) in [6.07, 6.45) is 2.29. The summed E-state index contributed by atoms with van der Waals surface area (Å²) < 4.78 is 27.4. The largest absolute Gasteiger partial charge is 0.399 e. The van der Waals surface area contributed by atoms with Gasteiger partial charge in [0.15, 0.2) is 0 Å². The molecule has 0 aliphatic rings. The van der Waals surface area contributed by atoms with Crippen LogP contribution in [-0.2, 0) is 23.0 Å². The van der Waals surface area contributed by atoms with E-state index in [0.717, 1.165) is 16.8 Å². The lowest BCUT2D eigenvalue weighted by molar-refractivity contribution is 0.580. The molecule has 0 unspecified atom stereocenters. The van der Waals surface area contributed by atoms with Crippen LogP contribution < -0.4 is 10.5 Å². The van der Waals surface area contributed by atoms with Crippen molar-refractivity contribution in [2.45, 2.75) is 31.7 Å². The molecule has 6 heteroatoms. The van der Waals surface area contributed by atoms with Crippen LogP contribution in [0.1, 0.15) is 23.7 Å². The molecule has 2 rings (SSSR count). The fourth-order valence-corrected chi connectivity index (χ4v) is 3.33. The van der Waals surface area contributed by atoms with Crippen molar-refractivity contribution in [2.75, 3.05) is 5.73 Å². The quantitative estimate of drug-likeness (QED) is 0.828. The van der Waals surface area contributed by atoms with Gasteiger partial charge in [0.05, 0.1) is 4.90 Å². The number of nitrogens with one attached hydrogen (secondary N) is 1. The molecule has 2 aromatic rings. The third-order valence-corrected chi connectivity index (χ3v) is 4.68. The van der Waals surface area contributed by atoms with Crippen LogP contribution in [0.25, 0.3) is 0 Å². The Morgan fingerprint density at radius 3 is 2.62 bits per heavy atom. The molecule has 112 valence electrons. The summed E-state index contributed by atoms with van der Waals surface area (Å²) in [5, 5.41) is 0. The second-order valence-electron chi connectivity index (χ2n) is 4.85. The van der Waals surface area contributed by atoms with Crippen LogP contribution in [0.15, 0.2) is 41.4 Å². The topological polar surface area (TPSA) is 85.1 Å². The third-order valence-electron chi connectivity index (χ3n) is 3.20. The molecule has 0 atom stereocenters. The van der Waals surface area contributed by atoms with E-state index in [0.29, 0.717) is 12.1 Å². The van der Waals surface area contributed by atoms with Crippen molar-refractivity contribution in [1.29, 1.82) is 0 Å². The normalized spacial score (nSPS) is 11.5. The summed E-state index contributed by atoms with van der Waals surface area (Å²) in [6, 6.07) is 8.65. The third kappa shape index (κ3) is 3.80. The van der Waals surface area contributed by atoms with E-state index in [9.17, 15) is 8.42 Å². The van der Waals surface area contributed by atoms with Gasteiger partial charge in [-0.05, 0) is 42.7 Å². The number of aryl methyl sites for hydroxylation is 2. The Morgan fingerprint density at radius 1 is 1.24 bits per heavy atom. The van der Waals surface area contributed by atoms with E-state index < -0.39 is 10.0 Å². The van der Waals surface area contributed by atoms with Gasteiger partial charge in [0.25, 0.3) is 0 Å². The molecule has 0 fully saturated rings. The Balaban J connectivity index is 2.22. The first-order valence-corrected chi connectivity index (χ1v) is 8.20. The molecule has 0 bridgehead atoms. The first-order valence-electron chi connectivity index (χ1n) is 6.72. The number of pyridine rings is 1. The second-order valence-corrected chi connectivity index (χ2v) is 6.59. The number of rotatable bonds is 5. The SMILES string of the molecule is CCc1ccc(N)cc1S(=O)(=O)NCc1ccc(C)nc1. The van der Waals surface area contributed by atoms with Gasteiger partial charge in [-0.1, -0.05) is 19.1 Å². The van der Waals surface area contributed by atoms with Crippen molar-refractivity contribution in [3.8, 4) is 0 Å². The van der Waals surface area contributed by atoms with Crippen molar-refractivity contribution < 1.29 is 8.42 Å². The van der Waals surface area contributed by atoms with E-state index in [2.05, 4.69) is 9.71 Å². The predicted octanol–water partition coefficient (Wildman–Crippen LogP) is 2.01. The Bertz CT molecular complexity index is 725. The number of nitrogens with two attached hydrogens (primary N) is 1. The van der Waals surface area contributed by atoms with Crippen LogP contribution in [0.3, 0.4) is 0 Å². The van der Waals surface area contributed by atoms with E-state index in [4.69, 9.17) is 5.73 Å². The first kappa shape index (κ1) is 15.5. The van der Waals surface area contributed by atoms with Crippen molar-refractivity contribution in [3.63, 3.8) is 0 Å². The number of aromatic nitrogens is 1. The van der Waals surface area contributed by atoms with Crippen LogP contribution in [0.5, 0.6) is 0 Å². The molecule has 0 saturated heterocycles. The van der Waals surface area contributed by atoms with Gasteiger partial charge < -0.3 is 5.73 Å². The van der Waals surface area contributed by atoms with E-state index >= 15 is 0 Å². The van der Waals surface area contributed by atoms with Crippen molar-refractivity contribution in [1.82, 2.24) is 9.71 Å². The maximum atomic E-state index is 12.4. The monoisotopic (exact) mass is 305 g/mol. The Morgan fingerprint density at radius 2 is 2.00 bits per heavy atom.